The lowest BCUT2D eigenvalue weighted by molar-refractivity contribution is 0.234. The van der Waals surface area contributed by atoms with E-state index in [0.29, 0.717) is 0 Å². The first kappa shape index (κ1) is 15.3. The first-order chi connectivity index (χ1) is 9.08. The minimum absolute atomic E-state index is 0.0101. The van der Waals surface area contributed by atoms with Gasteiger partial charge in [-0.1, -0.05) is 13.0 Å². The summed E-state index contributed by atoms with van der Waals surface area (Å²) in [4.78, 5) is 2.06. The Morgan fingerprint density at radius 1 is 1.26 bits per heavy atom. The highest BCUT2D eigenvalue weighted by molar-refractivity contribution is 5.43. The van der Waals surface area contributed by atoms with E-state index in [9.17, 15) is 5.26 Å². The summed E-state index contributed by atoms with van der Waals surface area (Å²) in [5, 5.41) is 9.33. The number of ether oxygens (including phenoxy) is 2. The molecule has 0 heterocycles. The van der Waals surface area contributed by atoms with Gasteiger partial charge in [0.05, 0.1) is 32.2 Å². The zero-order chi connectivity index (χ0) is 14.4. The topological polar surface area (TPSA) is 45.5 Å². The average molecular weight is 262 g/mol. The molecule has 0 bridgehead atoms. The predicted molar refractivity (Wildman–Crippen MR) is 75.4 cm³/mol. The lowest BCUT2D eigenvalue weighted by Crippen LogP contribution is -2.27. The number of benzene rings is 1. The molecule has 1 aromatic rings. The van der Waals surface area contributed by atoms with Gasteiger partial charge in [-0.05, 0) is 26.6 Å². The minimum Gasteiger partial charge on any atom is -0.497 e. The van der Waals surface area contributed by atoms with E-state index in [4.69, 9.17) is 9.47 Å². The Kier molecular flexibility index (Phi) is 5.65. The number of nitrogens with zero attached hydrogens (tertiary/aromatic N) is 2. The summed E-state index contributed by atoms with van der Waals surface area (Å²) in [5.41, 5.74) is 1.02. The van der Waals surface area contributed by atoms with Gasteiger partial charge in [0.15, 0.2) is 0 Å². The highest BCUT2D eigenvalue weighted by Gasteiger charge is 2.26. The highest BCUT2D eigenvalue weighted by Crippen LogP contribution is 2.36. The quantitative estimate of drug-likeness (QED) is 0.791. The van der Waals surface area contributed by atoms with Crippen molar-refractivity contribution in [2.45, 2.75) is 19.4 Å². The predicted octanol–water partition coefficient (Wildman–Crippen LogP) is 2.86. The van der Waals surface area contributed by atoms with E-state index < -0.39 is 0 Å². The number of methoxy groups -OCH3 is 2. The minimum atomic E-state index is -0.0719. The normalized spacial score (nSPS) is 13.7. The standard InChI is InChI=1S/C15H22N2O2/c1-6-11(10-16)15(17(2)3)13-8-7-12(18-4)9-14(13)19-5/h7-9,11,15H,6H2,1-5H3. The van der Waals surface area contributed by atoms with Crippen molar-refractivity contribution in [1.29, 1.82) is 5.26 Å². The molecule has 2 atom stereocenters. The van der Waals surface area contributed by atoms with Gasteiger partial charge in [-0.2, -0.15) is 5.26 Å². The van der Waals surface area contributed by atoms with E-state index >= 15 is 0 Å². The van der Waals surface area contributed by atoms with Crippen molar-refractivity contribution in [2.75, 3.05) is 28.3 Å². The molecule has 1 aromatic carbocycles. The molecule has 2 unspecified atom stereocenters. The zero-order valence-electron chi connectivity index (χ0n) is 12.3. The van der Waals surface area contributed by atoms with E-state index in [0.717, 1.165) is 23.5 Å². The van der Waals surface area contributed by atoms with Crippen LogP contribution in [0.15, 0.2) is 18.2 Å². The van der Waals surface area contributed by atoms with E-state index in [-0.39, 0.29) is 12.0 Å². The monoisotopic (exact) mass is 262 g/mol. The molecule has 0 aliphatic rings. The molecule has 0 saturated heterocycles. The molecule has 0 amide bonds. The molecule has 1 rings (SSSR count). The molecule has 0 N–H and O–H groups in total. The summed E-state index contributed by atoms with van der Waals surface area (Å²) in [6.45, 7) is 2.03. The maximum Gasteiger partial charge on any atom is 0.127 e. The van der Waals surface area contributed by atoms with Crippen molar-refractivity contribution < 1.29 is 9.47 Å². The van der Waals surface area contributed by atoms with Gasteiger partial charge >= 0.3 is 0 Å². The van der Waals surface area contributed by atoms with Crippen LogP contribution in [-0.2, 0) is 0 Å². The zero-order valence-corrected chi connectivity index (χ0v) is 12.3. The Morgan fingerprint density at radius 3 is 2.37 bits per heavy atom. The van der Waals surface area contributed by atoms with Crippen molar-refractivity contribution in [3.8, 4) is 17.6 Å². The van der Waals surface area contributed by atoms with Gasteiger partial charge in [0.25, 0.3) is 0 Å². The molecule has 0 aliphatic carbocycles. The summed E-state index contributed by atoms with van der Waals surface area (Å²) in [6, 6.07) is 8.13. The second-order valence-corrected chi connectivity index (χ2v) is 4.66. The van der Waals surface area contributed by atoms with Crippen LogP contribution in [0.25, 0.3) is 0 Å². The fourth-order valence-electron chi connectivity index (χ4n) is 2.30. The SMILES string of the molecule is CCC(C#N)C(c1ccc(OC)cc1OC)N(C)C. The lowest BCUT2D eigenvalue weighted by atomic mass is 9.90. The third kappa shape index (κ3) is 3.39. The van der Waals surface area contributed by atoms with Crippen molar-refractivity contribution >= 4 is 0 Å². The summed E-state index contributed by atoms with van der Waals surface area (Å²) >= 11 is 0. The van der Waals surface area contributed by atoms with Gasteiger partial charge in [0.2, 0.25) is 0 Å². The van der Waals surface area contributed by atoms with Crippen LogP contribution in [0, 0.1) is 17.2 Å². The Labute approximate surface area is 115 Å². The van der Waals surface area contributed by atoms with Crippen LogP contribution in [0.2, 0.25) is 0 Å². The molecule has 104 valence electrons. The fraction of sp³-hybridized carbons (Fsp3) is 0.533. The van der Waals surface area contributed by atoms with Crippen molar-refractivity contribution in [3.63, 3.8) is 0 Å². The number of nitriles is 1. The fourth-order valence-corrected chi connectivity index (χ4v) is 2.30. The summed E-state index contributed by atoms with van der Waals surface area (Å²) in [7, 11) is 7.23. The van der Waals surface area contributed by atoms with E-state index in [1.54, 1.807) is 14.2 Å². The van der Waals surface area contributed by atoms with Crippen LogP contribution in [0.3, 0.4) is 0 Å². The summed E-state index contributed by atoms with van der Waals surface area (Å²) < 4.78 is 10.6. The lowest BCUT2D eigenvalue weighted by Gasteiger charge is -2.29. The van der Waals surface area contributed by atoms with Gasteiger partial charge in [-0.3, -0.25) is 0 Å². The third-order valence-electron chi connectivity index (χ3n) is 3.30. The first-order valence-corrected chi connectivity index (χ1v) is 6.37. The summed E-state index contributed by atoms with van der Waals surface area (Å²) in [5.74, 6) is 1.44. The molecule has 19 heavy (non-hydrogen) atoms. The second kappa shape index (κ2) is 7.01. The first-order valence-electron chi connectivity index (χ1n) is 6.37. The molecule has 0 aliphatic heterocycles. The van der Waals surface area contributed by atoms with Crippen LogP contribution in [0.5, 0.6) is 11.5 Å². The maximum atomic E-state index is 9.33. The molecule has 4 nitrogen and oxygen atoms in total. The van der Waals surface area contributed by atoms with Crippen LogP contribution >= 0.6 is 0 Å². The number of rotatable bonds is 6. The van der Waals surface area contributed by atoms with Gasteiger partial charge < -0.3 is 14.4 Å². The Morgan fingerprint density at radius 2 is 1.95 bits per heavy atom. The van der Waals surface area contributed by atoms with Gasteiger partial charge in [0.1, 0.15) is 11.5 Å². The van der Waals surface area contributed by atoms with Crippen molar-refractivity contribution in [2.24, 2.45) is 5.92 Å². The molecule has 0 aromatic heterocycles. The Bertz CT molecular complexity index is 452. The summed E-state index contributed by atoms with van der Waals surface area (Å²) in [6.07, 6.45) is 0.800. The van der Waals surface area contributed by atoms with Gasteiger partial charge in [-0.15, -0.1) is 0 Å². The van der Waals surface area contributed by atoms with Crippen LogP contribution < -0.4 is 9.47 Å². The van der Waals surface area contributed by atoms with Crippen molar-refractivity contribution in [1.82, 2.24) is 4.90 Å². The van der Waals surface area contributed by atoms with Crippen LogP contribution in [0.1, 0.15) is 24.9 Å². The van der Waals surface area contributed by atoms with Gasteiger partial charge in [-0.25, -0.2) is 0 Å². The van der Waals surface area contributed by atoms with Crippen molar-refractivity contribution in [3.05, 3.63) is 23.8 Å². The maximum absolute atomic E-state index is 9.33. The smallest absolute Gasteiger partial charge is 0.127 e. The van der Waals surface area contributed by atoms with Crippen LogP contribution in [-0.4, -0.2) is 33.2 Å². The molecular formula is C15H22N2O2. The molecular weight excluding hydrogens is 240 g/mol. The third-order valence-corrected chi connectivity index (χ3v) is 3.30. The molecule has 0 spiro atoms. The largest absolute Gasteiger partial charge is 0.497 e. The van der Waals surface area contributed by atoms with E-state index in [2.05, 4.69) is 11.0 Å². The van der Waals surface area contributed by atoms with E-state index in [1.165, 1.54) is 0 Å². The Hall–Kier alpha value is -1.73. The Balaban J connectivity index is 3.27. The van der Waals surface area contributed by atoms with Crippen LogP contribution in [0.4, 0.5) is 0 Å². The molecule has 0 radical (unpaired) electrons. The van der Waals surface area contributed by atoms with Gasteiger partial charge in [0, 0.05) is 11.6 Å². The molecule has 4 heteroatoms. The molecule has 0 fully saturated rings. The second-order valence-electron chi connectivity index (χ2n) is 4.66. The molecule has 0 saturated carbocycles. The van der Waals surface area contributed by atoms with E-state index in [1.807, 2.05) is 39.2 Å². The number of hydrogen-bond donors (Lipinski definition) is 0. The highest BCUT2D eigenvalue weighted by atomic mass is 16.5. The number of hydrogen-bond acceptors (Lipinski definition) is 4. The average Bonchev–Trinajstić information content (AvgIpc) is 2.43.